The number of aromatic nitrogens is 2. The van der Waals surface area contributed by atoms with Crippen molar-refractivity contribution >= 4 is 16.9 Å². The zero-order chi connectivity index (χ0) is 18.5. The number of amides is 1. The molecular weight excluding hydrogens is 334 g/mol. The molecule has 1 heterocycles. The molecule has 0 aliphatic heterocycles. The molecule has 7 nitrogen and oxygen atoms in total. The number of hydrogen-bond donors (Lipinski definition) is 2. The Morgan fingerprint density at radius 2 is 1.85 bits per heavy atom. The van der Waals surface area contributed by atoms with Gasteiger partial charge in [-0.05, 0) is 29.8 Å². The molecule has 1 atom stereocenters. The third-order valence-electron chi connectivity index (χ3n) is 3.93. The van der Waals surface area contributed by atoms with Crippen LogP contribution in [0.1, 0.15) is 22.2 Å². The average Bonchev–Trinajstić information content (AvgIpc) is 2.70. The van der Waals surface area contributed by atoms with E-state index in [-0.39, 0.29) is 12.2 Å². The molecule has 0 bridgehead atoms. The van der Waals surface area contributed by atoms with E-state index in [1.807, 2.05) is 18.2 Å². The number of methoxy groups -OCH3 is 2. The number of para-hydroxylation sites is 2. The standard InChI is InChI=1S/C19H19N3O4/c1-25-17-8-7-12(9-18(17)26-2)16(23)11-21-19(24)15-10-20-13-5-3-4-6-14(13)22-15/h3-10,16,23H,11H2,1-2H3,(H,21,24). The summed E-state index contributed by atoms with van der Waals surface area (Å²) in [6, 6.07) is 12.4. The molecule has 3 rings (SSSR count). The molecule has 3 aromatic rings. The molecule has 0 saturated carbocycles. The first kappa shape index (κ1) is 17.6. The van der Waals surface area contributed by atoms with Crippen LogP contribution in [0.4, 0.5) is 0 Å². The number of aliphatic hydroxyl groups excluding tert-OH is 1. The van der Waals surface area contributed by atoms with Gasteiger partial charge in [-0.2, -0.15) is 0 Å². The van der Waals surface area contributed by atoms with Crippen molar-refractivity contribution in [3.63, 3.8) is 0 Å². The molecule has 0 spiro atoms. The second-order valence-corrected chi connectivity index (χ2v) is 5.58. The maximum absolute atomic E-state index is 12.3. The Bertz CT molecular complexity index is 930. The zero-order valence-electron chi connectivity index (χ0n) is 14.5. The van der Waals surface area contributed by atoms with Crippen molar-refractivity contribution in [1.29, 1.82) is 0 Å². The molecule has 26 heavy (non-hydrogen) atoms. The number of ether oxygens (including phenoxy) is 2. The molecule has 1 amide bonds. The Balaban J connectivity index is 1.68. The number of aliphatic hydroxyl groups is 1. The van der Waals surface area contributed by atoms with E-state index in [4.69, 9.17) is 9.47 Å². The lowest BCUT2D eigenvalue weighted by atomic mass is 10.1. The smallest absolute Gasteiger partial charge is 0.271 e. The van der Waals surface area contributed by atoms with Gasteiger partial charge in [-0.1, -0.05) is 18.2 Å². The van der Waals surface area contributed by atoms with Gasteiger partial charge in [-0.3, -0.25) is 9.78 Å². The maximum Gasteiger partial charge on any atom is 0.271 e. The van der Waals surface area contributed by atoms with Gasteiger partial charge in [0.05, 0.1) is 37.6 Å². The van der Waals surface area contributed by atoms with Gasteiger partial charge in [-0.15, -0.1) is 0 Å². The molecule has 0 aliphatic carbocycles. The normalized spacial score (nSPS) is 11.8. The van der Waals surface area contributed by atoms with Crippen LogP contribution < -0.4 is 14.8 Å². The van der Waals surface area contributed by atoms with Gasteiger partial charge in [0.15, 0.2) is 11.5 Å². The highest BCUT2D eigenvalue weighted by Crippen LogP contribution is 2.29. The van der Waals surface area contributed by atoms with Gasteiger partial charge in [0, 0.05) is 6.54 Å². The fraction of sp³-hybridized carbons (Fsp3) is 0.211. The Morgan fingerprint density at radius 1 is 1.12 bits per heavy atom. The summed E-state index contributed by atoms with van der Waals surface area (Å²) in [7, 11) is 3.06. The Morgan fingerprint density at radius 3 is 2.58 bits per heavy atom. The van der Waals surface area contributed by atoms with E-state index in [0.717, 1.165) is 5.52 Å². The highest BCUT2D eigenvalue weighted by molar-refractivity contribution is 5.93. The van der Waals surface area contributed by atoms with Crippen LogP contribution in [0.2, 0.25) is 0 Å². The first-order chi connectivity index (χ1) is 12.6. The van der Waals surface area contributed by atoms with Crippen molar-refractivity contribution in [2.75, 3.05) is 20.8 Å². The predicted molar refractivity (Wildman–Crippen MR) is 96.4 cm³/mol. The molecule has 7 heteroatoms. The summed E-state index contributed by atoms with van der Waals surface area (Å²) in [5.41, 5.74) is 2.16. The SMILES string of the molecule is COc1ccc(C(O)CNC(=O)c2cnc3ccccc3n2)cc1OC. The third kappa shape index (κ3) is 3.73. The Labute approximate surface area is 150 Å². The summed E-state index contributed by atoms with van der Waals surface area (Å²) in [5, 5.41) is 13.0. The molecule has 0 aliphatic rings. The molecule has 134 valence electrons. The molecule has 2 aromatic carbocycles. The highest BCUT2D eigenvalue weighted by atomic mass is 16.5. The first-order valence-electron chi connectivity index (χ1n) is 8.02. The average molecular weight is 353 g/mol. The second kappa shape index (κ2) is 7.79. The van der Waals surface area contributed by atoms with Crippen LogP contribution in [0, 0.1) is 0 Å². The number of carbonyl (C=O) groups is 1. The lowest BCUT2D eigenvalue weighted by molar-refractivity contribution is 0.0911. The minimum Gasteiger partial charge on any atom is -0.493 e. The zero-order valence-corrected chi connectivity index (χ0v) is 14.5. The van der Waals surface area contributed by atoms with Gasteiger partial charge < -0.3 is 19.9 Å². The summed E-state index contributed by atoms with van der Waals surface area (Å²) < 4.78 is 10.4. The van der Waals surface area contributed by atoms with Crippen molar-refractivity contribution in [2.24, 2.45) is 0 Å². The molecular formula is C19H19N3O4. The van der Waals surface area contributed by atoms with Crippen LogP contribution in [-0.4, -0.2) is 41.7 Å². The molecule has 1 unspecified atom stereocenters. The number of fused-ring (bicyclic) bond motifs is 1. The van der Waals surface area contributed by atoms with Crippen molar-refractivity contribution in [3.05, 3.63) is 59.9 Å². The summed E-state index contributed by atoms with van der Waals surface area (Å²) >= 11 is 0. The lowest BCUT2D eigenvalue weighted by Crippen LogP contribution is -2.29. The molecule has 2 N–H and O–H groups in total. The topological polar surface area (TPSA) is 93.6 Å². The van der Waals surface area contributed by atoms with E-state index in [0.29, 0.717) is 22.6 Å². The van der Waals surface area contributed by atoms with E-state index in [2.05, 4.69) is 15.3 Å². The Hall–Kier alpha value is -3.19. The van der Waals surface area contributed by atoms with E-state index >= 15 is 0 Å². The molecule has 0 radical (unpaired) electrons. The van der Waals surface area contributed by atoms with Crippen molar-refractivity contribution < 1.29 is 19.4 Å². The van der Waals surface area contributed by atoms with Crippen molar-refractivity contribution in [2.45, 2.75) is 6.10 Å². The summed E-state index contributed by atoms with van der Waals surface area (Å²) in [6.07, 6.45) is 0.521. The number of carbonyl (C=O) groups excluding carboxylic acids is 1. The first-order valence-corrected chi connectivity index (χ1v) is 8.02. The highest BCUT2D eigenvalue weighted by Gasteiger charge is 2.15. The quantitative estimate of drug-likeness (QED) is 0.705. The van der Waals surface area contributed by atoms with Gasteiger partial charge in [0.1, 0.15) is 5.69 Å². The predicted octanol–water partition coefficient (Wildman–Crippen LogP) is 2.11. The largest absolute Gasteiger partial charge is 0.493 e. The minimum atomic E-state index is -0.896. The number of hydrogen-bond acceptors (Lipinski definition) is 6. The fourth-order valence-electron chi connectivity index (χ4n) is 2.52. The Kier molecular flexibility index (Phi) is 5.28. The molecule has 1 aromatic heterocycles. The van der Waals surface area contributed by atoms with Crippen molar-refractivity contribution in [1.82, 2.24) is 15.3 Å². The van der Waals surface area contributed by atoms with Gasteiger partial charge >= 0.3 is 0 Å². The summed E-state index contributed by atoms with van der Waals surface area (Å²) in [5.74, 6) is 0.678. The van der Waals surface area contributed by atoms with E-state index < -0.39 is 12.0 Å². The number of nitrogens with zero attached hydrogens (tertiary/aromatic N) is 2. The number of benzene rings is 2. The maximum atomic E-state index is 12.3. The van der Waals surface area contributed by atoms with Gasteiger partial charge in [0.2, 0.25) is 0 Å². The van der Waals surface area contributed by atoms with Crippen LogP contribution >= 0.6 is 0 Å². The minimum absolute atomic E-state index is 0.0306. The fourth-order valence-corrected chi connectivity index (χ4v) is 2.52. The summed E-state index contributed by atoms with van der Waals surface area (Å²) in [6.45, 7) is 0.0306. The van der Waals surface area contributed by atoms with Crippen LogP contribution in [0.5, 0.6) is 11.5 Å². The second-order valence-electron chi connectivity index (χ2n) is 5.58. The monoisotopic (exact) mass is 353 g/mol. The van der Waals surface area contributed by atoms with Gasteiger partial charge in [-0.25, -0.2) is 4.98 Å². The van der Waals surface area contributed by atoms with Crippen LogP contribution in [0.25, 0.3) is 11.0 Å². The van der Waals surface area contributed by atoms with E-state index in [1.54, 1.807) is 31.4 Å². The number of nitrogens with one attached hydrogen (secondary N) is 1. The molecule has 0 fully saturated rings. The molecule has 0 saturated heterocycles. The van der Waals surface area contributed by atoms with Crippen LogP contribution in [0.3, 0.4) is 0 Å². The van der Waals surface area contributed by atoms with Crippen molar-refractivity contribution in [3.8, 4) is 11.5 Å². The number of rotatable bonds is 6. The van der Waals surface area contributed by atoms with E-state index in [1.165, 1.54) is 13.3 Å². The van der Waals surface area contributed by atoms with Crippen LogP contribution in [-0.2, 0) is 0 Å². The van der Waals surface area contributed by atoms with Crippen LogP contribution in [0.15, 0.2) is 48.7 Å². The lowest BCUT2D eigenvalue weighted by Gasteiger charge is -2.15. The van der Waals surface area contributed by atoms with Gasteiger partial charge in [0.25, 0.3) is 5.91 Å². The summed E-state index contributed by atoms with van der Waals surface area (Å²) in [4.78, 5) is 20.8. The van der Waals surface area contributed by atoms with E-state index in [9.17, 15) is 9.90 Å². The third-order valence-corrected chi connectivity index (χ3v) is 3.93.